The van der Waals surface area contributed by atoms with Crippen LogP contribution >= 0.6 is 15.9 Å². The Balaban J connectivity index is 1.92. The third kappa shape index (κ3) is 5.77. The van der Waals surface area contributed by atoms with Gasteiger partial charge < -0.3 is 14.8 Å². The first-order chi connectivity index (χ1) is 12.6. The third-order valence-electron chi connectivity index (χ3n) is 4.22. The maximum atomic E-state index is 12.3. The molecule has 0 unspecified atom stereocenters. The second-order valence-corrected chi connectivity index (χ2v) is 7.01. The minimum Gasteiger partial charge on any atom is -0.493 e. The van der Waals surface area contributed by atoms with Gasteiger partial charge in [0, 0.05) is 10.9 Å². The number of hydrogen-bond donors (Lipinski definition) is 1. The molecule has 0 heterocycles. The summed E-state index contributed by atoms with van der Waals surface area (Å²) in [6, 6.07) is 11.8. The average Bonchev–Trinajstić information content (AvgIpc) is 2.66. The Morgan fingerprint density at radius 3 is 2.35 bits per heavy atom. The van der Waals surface area contributed by atoms with Crippen LogP contribution in [-0.2, 0) is 17.6 Å². The number of unbranched alkanes of at least 4 members (excludes halogenated alkanes) is 1. The van der Waals surface area contributed by atoms with Gasteiger partial charge in [-0.15, -0.1) is 0 Å². The fourth-order valence-electron chi connectivity index (χ4n) is 2.70. The van der Waals surface area contributed by atoms with Gasteiger partial charge in [0.2, 0.25) is 5.91 Å². The zero-order valence-electron chi connectivity index (χ0n) is 15.6. The molecule has 0 saturated carbocycles. The predicted octanol–water partition coefficient (Wildman–Crippen LogP) is 5.38. The van der Waals surface area contributed by atoms with Crippen LogP contribution in [0.15, 0.2) is 40.9 Å². The Hall–Kier alpha value is -2.01. The Bertz CT molecular complexity index is 746. The van der Waals surface area contributed by atoms with E-state index in [2.05, 4.69) is 40.3 Å². The topological polar surface area (TPSA) is 47.6 Å². The molecule has 0 saturated heterocycles. The molecule has 0 fully saturated rings. The SMILES string of the molecule is CCCCc1ccc(NC(=O)CCc2ccc(OC)c(OC)c2)c(Br)c1. The van der Waals surface area contributed by atoms with E-state index in [1.807, 2.05) is 24.3 Å². The van der Waals surface area contributed by atoms with E-state index in [0.29, 0.717) is 24.3 Å². The first-order valence-corrected chi connectivity index (χ1v) is 9.65. The molecule has 0 aliphatic rings. The molecule has 2 rings (SSSR count). The number of nitrogens with one attached hydrogen (secondary N) is 1. The second kappa shape index (κ2) is 10.2. The molecule has 2 aromatic carbocycles. The minimum atomic E-state index is -0.0122. The van der Waals surface area contributed by atoms with Crippen LogP contribution in [-0.4, -0.2) is 20.1 Å². The number of rotatable bonds is 9. The van der Waals surface area contributed by atoms with Crippen LogP contribution in [0.1, 0.15) is 37.3 Å². The van der Waals surface area contributed by atoms with Crippen molar-refractivity contribution in [2.24, 2.45) is 0 Å². The third-order valence-corrected chi connectivity index (χ3v) is 4.87. The van der Waals surface area contributed by atoms with Crippen LogP contribution in [0.25, 0.3) is 0 Å². The predicted molar refractivity (Wildman–Crippen MR) is 109 cm³/mol. The molecule has 0 aliphatic carbocycles. The minimum absolute atomic E-state index is 0.0122. The van der Waals surface area contributed by atoms with Gasteiger partial charge in [-0.25, -0.2) is 0 Å². The van der Waals surface area contributed by atoms with Gasteiger partial charge in [-0.1, -0.05) is 25.5 Å². The Morgan fingerprint density at radius 2 is 1.69 bits per heavy atom. The summed E-state index contributed by atoms with van der Waals surface area (Å²) in [5.41, 5.74) is 3.12. The molecule has 0 bridgehead atoms. The van der Waals surface area contributed by atoms with Crippen molar-refractivity contribution in [3.05, 3.63) is 52.0 Å². The average molecular weight is 420 g/mol. The number of amides is 1. The molecule has 1 N–H and O–H groups in total. The van der Waals surface area contributed by atoms with Gasteiger partial charge in [0.1, 0.15) is 0 Å². The van der Waals surface area contributed by atoms with Gasteiger partial charge >= 0.3 is 0 Å². The standard InChI is InChI=1S/C21H26BrNO3/c1-4-5-6-15-7-10-18(17(22)13-15)23-21(24)12-9-16-8-11-19(25-2)20(14-16)26-3/h7-8,10-11,13-14H,4-6,9,12H2,1-3H3,(H,23,24). The maximum Gasteiger partial charge on any atom is 0.224 e. The lowest BCUT2D eigenvalue weighted by Crippen LogP contribution is -2.13. The number of methoxy groups -OCH3 is 2. The van der Waals surface area contributed by atoms with Crippen molar-refractivity contribution in [3.8, 4) is 11.5 Å². The van der Waals surface area contributed by atoms with Crippen LogP contribution in [0.3, 0.4) is 0 Å². The number of aryl methyl sites for hydroxylation is 2. The summed E-state index contributed by atoms with van der Waals surface area (Å²) in [5, 5.41) is 2.97. The van der Waals surface area contributed by atoms with Crippen molar-refractivity contribution < 1.29 is 14.3 Å². The van der Waals surface area contributed by atoms with Gasteiger partial charge in [0.15, 0.2) is 11.5 Å². The van der Waals surface area contributed by atoms with Crippen molar-refractivity contribution in [3.63, 3.8) is 0 Å². The number of benzene rings is 2. The van der Waals surface area contributed by atoms with Crippen molar-refractivity contribution in [1.29, 1.82) is 0 Å². The molecular formula is C21H26BrNO3. The van der Waals surface area contributed by atoms with E-state index < -0.39 is 0 Å². The monoisotopic (exact) mass is 419 g/mol. The molecule has 0 radical (unpaired) electrons. The fourth-order valence-corrected chi connectivity index (χ4v) is 3.23. The number of anilines is 1. The lowest BCUT2D eigenvalue weighted by atomic mass is 10.1. The van der Waals surface area contributed by atoms with Gasteiger partial charge in [-0.05, 0) is 70.6 Å². The molecule has 0 aliphatic heterocycles. The Labute approximate surface area is 164 Å². The van der Waals surface area contributed by atoms with Crippen molar-refractivity contribution in [1.82, 2.24) is 0 Å². The van der Waals surface area contributed by atoms with Crippen molar-refractivity contribution in [2.45, 2.75) is 39.0 Å². The lowest BCUT2D eigenvalue weighted by molar-refractivity contribution is -0.116. The maximum absolute atomic E-state index is 12.3. The van der Waals surface area contributed by atoms with E-state index in [4.69, 9.17) is 9.47 Å². The number of halogens is 1. The highest BCUT2D eigenvalue weighted by Gasteiger charge is 2.09. The van der Waals surface area contributed by atoms with Crippen LogP contribution in [0.2, 0.25) is 0 Å². The van der Waals surface area contributed by atoms with Crippen LogP contribution < -0.4 is 14.8 Å². The normalized spacial score (nSPS) is 10.5. The molecule has 4 nitrogen and oxygen atoms in total. The molecule has 26 heavy (non-hydrogen) atoms. The summed E-state index contributed by atoms with van der Waals surface area (Å²) in [6.45, 7) is 2.18. The first-order valence-electron chi connectivity index (χ1n) is 8.86. The largest absolute Gasteiger partial charge is 0.493 e. The van der Waals surface area contributed by atoms with Gasteiger partial charge in [0.05, 0.1) is 19.9 Å². The molecule has 5 heteroatoms. The summed E-state index contributed by atoms with van der Waals surface area (Å²) in [6.07, 6.45) is 4.44. The number of carbonyl (C=O) groups is 1. The highest BCUT2D eigenvalue weighted by Crippen LogP contribution is 2.28. The van der Waals surface area contributed by atoms with Gasteiger partial charge in [-0.3, -0.25) is 4.79 Å². The molecular weight excluding hydrogens is 394 g/mol. The molecule has 1 amide bonds. The molecule has 0 atom stereocenters. The van der Waals surface area contributed by atoms with Gasteiger partial charge in [-0.2, -0.15) is 0 Å². The summed E-state index contributed by atoms with van der Waals surface area (Å²) in [4.78, 5) is 12.3. The fraction of sp³-hybridized carbons (Fsp3) is 0.381. The van der Waals surface area contributed by atoms with Crippen molar-refractivity contribution in [2.75, 3.05) is 19.5 Å². The second-order valence-electron chi connectivity index (χ2n) is 6.16. The smallest absolute Gasteiger partial charge is 0.224 e. The zero-order chi connectivity index (χ0) is 18.9. The van der Waals surface area contributed by atoms with Crippen molar-refractivity contribution >= 4 is 27.5 Å². The molecule has 2 aromatic rings. The van der Waals surface area contributed by atoms with Crippen LogP contribution in [0.4, 0.5) is 5.69 Å². The van der Waals surface area contributed by atoms with E-state index >= 15 is 0 Å². The number of ether oxygens (including phenoxy) is 2. The Kier molecular flexibility index (Phi) is 7.98. The van der Waals surface area contributed by atoms with Crippen LogP contribution in [0.5, 0.6) is 11.5 Å². The van der Waals surface area contributed by atoms with Crippen LogP contribution in [0, 0.1) is 0 Å². The number of hydrogen-bond acceptors (Lipinski definition) is 3. The molecule has 0 spiro atoms. The molecule has 140 valence electrons. The van der Waals surface area contributed by atoms with E-state index in [0.717, 1.165) is 22.1 Å². The van der Waals surface area contributed by atoms with E-state index in [1.54, 1.807) is 14.2 Å². The lowest BCUT2D eigenvalue weighted by Gasteiger charge is -2.11. The Morgan fingerprint density at radius 1 is 1.00 bits per heavy atom. The van der Waals surface area contributed by atoms with E-state index in [-0.39, 0.29) is 5.91 Å². The number of carbonyl (C=O) groups excluding carboxylic acids is 1. The van der Waals surface area contributed by atoms with E-state index in [1.165, 1.54) is 18.4 Å². The summed E-state index contributed by atoms with van der Waals surface area (Å²) in [5.74, 6) is 1.35. The van der Waals surface area contributed by atoms with Gasteiger partial charge in [0.25, 0.3) is 0 Å². The first kappa shape index (κ1) is 20.3. The quantitative estimate of drug-likeness (QED) is 0.593. The highest BCUT2D eigenvalue weighted by atomic mass is 79.9. The summed E-state index contributed by atoms with van der Waals surface area (Å²) in [7, 11) is 3.21. The van der Waals surface area contributed by atoms with E-state index in [9.17, 15) is 4.79 Å². The molecule has 0 aromatic heterocycles. The summed E-state index contributed by atoms with van der Waals surface area (Å²) >= 11 is 3.55. The highest BCUT2D eigenvalue weighted by molar-refractivity contribution is 9.10. The zero-order valence-corrected chi connectivity index (χ0v) is 17.2. The summed E-state index contributed by atoms with van der Waals surface area (Å²) < 4.78 is 11.5.